The van der Waals surface area contributed by atoms with E-state index in [-0.39, 0.29) is 11.1 Å². The molecule has 2 amide bonds. The highest BCUT2D eigenvalue weighted by Gasteiger charge is 2.05. The molecule has 0 aliphatic carbocycles. The predicted octanol–water partition coefficient (Wildman–Crippen LogP) is 0.738. The molecule has 0 aromatic heterocycles. The number of carbonyl (C=O) groups is 2. The van der Waals surface area contributed by atoms with E-state index in [9.17, 15) is 9.59 Å². The van der Waals surface area contributed by atoms with Crippen molar-refractivity contribution in [1.82, 2.24) is 0 Å². The molecule has 0 aliphatic heterocycles. The first-order valence-corrected chi connectivity index (χ1v) is 4.31. The lowest BCUT2D eigenvalue weighted by Gasteiger charge is -2.01. The largest absolute Gasteiger partial charge is 0.366 e. The number of primary amides is 2. The van der Waals surface area contributed by atoms with Gasteiger partial charge in [0.25, 0.3) is 0 Å². The van der Waals surface area contributed by atoms with Gasteiger partial charge in [-0.1, -0.05) is 38.5 Å². The molecular weight excluding hydrogens is 204 g/mol. The minimum absolute atomic E-state index is 0.0914. The maximum atomic E-state index is 10.7. The van der Waals surface area contributed by atoms with Crippen molar-refractivity contribution in [3.63, 3.8) is 0 Å². The summed E-state index contributed by atoms with van der Waals surface area (Å²) < 4.78 is 0. The van der Waals surface area contributed by atoms with Gasteiger partial charge in [0.15, 0.2) is 0 Å². The van der Waals surface area contributed by atoms with Crippen LogP contribution in [-0.2, 0) is 9.59 Å². The number of hydrogen-bond acceptors (Lipinski definition) is 2. The first kappa shape index (κ1) is 13.6. The van der Waals surface area contributed by atoms with Crippen molar-refractivity contribution in [2.24, 2.45) is 11.5 Å². The van der Waals surface area contributed by atoms with Gasteiger partial charge in [-0.05, 0) is 11.1 Å². The third kappa shape index (κ3) is 3.79. The lowest BCUT2D eigenvalue weighted by atomic mass is 10.0. The van der Waals surface area contributed by atoms with Crippen molar-refractivity contribution in [3.05, 3.63) is 60.8 Å². The van der Waals surface area contributed by atoms with Crippen LogP contribution in [0.3, 0.4) is 0 Å². The van der Waals surface area contributed by atoms with Gasteiger partial charge >= 0.3 is 0 Å². The minimum atomic E-state index is -0.658. The lowest BCUT2D eigenvalue weighted by Crippen LogP contribution is -2.14. The summed E-state index contributed by atoms with van der Waals surface area (Å²) in [5.74, 6) is -1.32. The van der Waals surface area contributed by atoms with E-state index in [4.69, 9.17) is 11.5 Å². The molecule has 4 N–H and O–H groups in total. The van der Waals surface area contributed by atoms with Crippen LogP contribution in [-0.4, -0.2) is 11.8 Å². The summed E-state index contributed by atoms with van der Waals surface area (Å²) >= 11 is 0. The third-order valence-electron chi connectivity index (χ3n) is 1.86. The Labute approximate surface area is 94.3 Å². The fourth-order valence-electron chi connectivity index (χ4n) is 0.719. The highest BCUT2D eigenvalue weighted by Crippen LogP contribution is 2.11. The van der Waals surface area contributed by atoms with Crippen molar-refractivity contribution in [2.75, 3.05) is 0 Å². The molecule has 0 heterocycles. The van der Waals surface area contributed by atoms with Gasteiger partial charge in [-0.2, -0.15) is 0 Å². The van der Waals surface area contributed by atoms with Crippen LogP contribution in [0.1, 0.15) is 0 Å². The lowest BCUT2D eigenvalue weighted by molar-refractivity contribution is -0.115. The molecular formula is C12H14N2O2. The summed E-state index contributed by atoms with van der Waals surface area (Å²) in [6.07, 6.45) is 2.92. The van der Waals surface area contributed by atoms with Crippen molar-refractivity contribution < 1.29 is 9.59 Å². The van der Waals surface area contributed by atoms with Crippen LogP contribution < -0.4 is 11.5 Å². The molecule has 0 atom stereocenters. The van der Waals surface area contributed by atoms with E-state index in [1.54, 1.807) is 0 Å². The molecule has 0 rings (SSSR count). The fraction of sp³-hybridized carbons (Fsp3) is 0. The second kappa shape index (κ2) is 5.50. The fourth-order valence-corrected chi connectivity index (χ4v) is 0.719. The molecule has 0 spiro atoms. The maximum absolute atomic E-state index is 10.7. The van der Waals surface area contributed by atoms with Crippen molar-refractivity contribution in [2.45, 2.75) is 0 Å². The van der Waals surface area contributed by atoms with Crippen LogP contribution in [0.4, 0.5) is 0 Å². The summed E-state index contributed by atoms with van der Waals surface area (Å²) in [5.41, 5.74) is 10.9. The Bertz CT molecular complexity index is 388. The van der Waals surface area contributed by atoms with Crippen molar-refractivity contribution >= 4 is 11.8 Å². The van der Waals surface area contributed by atoms with E-state index in [1.165, 1.54) is 12.2 Å². The molecule has 0 unspecified atom stereocenters. The zero-order valence-corrected chi connectivity index (χ0v) is 8.95. The average Bonchev–Trinajstić information content (AvgIpc) is 2.22. The predicted molar refractivity (Wildman–Crippen MR) is 64.1 cm³/mol. The van der Waals surface area contributed by atoms with Crippen molar-refractivity contribution in [3.8, 4) is 0 Å². The third-order valence-corrected chi connectivity index (χ3v) is 1.86. The monoisotopic (exact) mass is 218 g/mol. The standard InChI is InChI=1S/C12H14N2O2/c1-7(9(3)11(13)15)5-6-8(2)10(4)12(14)16/h5-6H,1-4H2,(H2,13,15)(H2,14,16). The molecule has 0 radical (unpaired) electrons. The molecule has 0 bridgehead atoms. The van der Waals surface area contributed by atoms with E-state index in [1.807, 2.05) is 0 Å². The van der Waals surface area contributed by atoms with Crippen LogP contribution in [0.15, 0.2) is 60.8 Å². The number of amides is 2. The Balaban J connectivity index is 4.64. The summed E-state index contributed by atoms with van der Waals surface area (Å²) in [7, 11) is 0. The average molecular weight is 218 g/mol. The first-order chi connectivity index (χ1) is 7.27. The van der Waals surface area contributed by atoms with E-state index >= 15 is 0 Å². The molecule has 0 saturated carbocycles. The Morgan fingerprint density at radius 2 is 1.00 bits per heavy atom. The first-order valence-electron chi connectivity index (χ1n) is 4.31. The van der Waals surface area contributed by atoms with E-state index in [0.717, 1.165) is 0 Å². The topological polar surface area (TPSA) is 86.2 Å². The molecule has 16 heavy (non-hydrogen) atoms. The van der Waals surface area contributed by atoms with Gasteiger partial charge in [-0.15, -0.1) is 0 Å². The maximum Gasteiger partial charge on any atom is 0.248 e. The van der Waals surface area contributed by atoms with Crippen LogP contribution in [0.5, 0.6) is 0 Å². The molecule has 84 valence electrons. The number of hydrogen-bond donors (Lipinski definition) is 2. The van der Waals surface area contributed by atoms with E-state index < -0.39 is 11.8 Å². The molecule has 0 aromatic carbocycles. The van der Waals surface area contributed by atoms with Gasteiger partial charge in [0, 0.05) is 11.1 Å². The second-order valence-electron chi connectivity index (χ2n) is 3.07. The van der Waals surface area contributed by atoms with Crippen LogP contribution >= 0.6 is 0 Å². The van der Waals surface area contributed by atoms with Gasteiger partial charge in [-0.3, -0.25) is 9.59 Å². The highest BCUT2D eigenvalue weighted by atomic mass is 16.1. The number of carbonyl (C=O) groups excluding carboxylic acids is 2. The molecule has 0 aromatic rings. The Hall–Kier alpha value is -2.36. The van der Waals surface area contributed by atoms with Crippen LogP contribution in [0.25, 0.3) is 0 Å². The zero-order chi connectivity index (χ0) is 12.9. The van der Waals surface area contributed by atoms with Crippen LogP contribution in [0.2, 0.25) is 0 Å². The smallest absolute Gasteiger partial charge is 0.248 e. The Morgan fingerprint density at radius 3 is 1.19 bits per heavy atom. The van der Waals surface area contributed by atoms with E-state index in [2.05, 4.69) is 26.3 Å². The highest BCUT2D eigenvalue weighted by molar-refractivity contribution is 5.97. The quantitative estimate of drug-likeness (QED) is 0.509. The minimum Gasteiger partial charge on any atom is -0.366 e. The summed E-state index contributed by atoms with van der Waals surface area (Å²) in [6, 6.07) is 0. The van der Waals surface area contributed by atoms with E-state index in [0.29, 0.717) is 11.1 Å². The molecule has 4 nitrogen and oxygen atoms in total. The molecule has 0 aliphatic rings. The van der Waals surface area contributed by atoms with Crippen molar-refractivity contribution in [1.29, 1.82) is 0 Å². The second-order valence-corrected chi connectivity index (χ2v) is 3.07. The van der Waals surface area contributed by atoms with Gasteiger partial charge in [0.2, 0.25) is 11.8 Å². The zero-order valence-electron chi connectivity index (χ0n) is 8.95. The van der Waals surface area contributed by atoms with Gasteiger partial charge in [-0.25, -0.2) is 0 Å². The summed E-state index contributed by atoms with van der Waals surface area (Å²) in [5, 5.41) is 0. The summed E-state index contributed by atoms with van der Waals surface area (Å²) in [6.45, 7) is 14.0. The molecule has 0 saturated heterocycles. The molecule has 4 heteroatoms. The van der Waals surface area contributed by atoms with Crippen LogP contribution in [0, 0.1) is 0 Å². The number of nitrogens with two attached hydrogens (primary N) is 2. The van der Waals surface area contributed by atoms with Gasteiger partial charge in [0.1, 0.15) is 0 Å². The SMILES string of the molecule is C=C(C=CC(=C)C(=C)C(N)=O)C(=C)C(N)=O. The Morgan fingerprint density at radius 1 is 0.750 bits per heavy atom. The summed E-state index contributed by atoms with van der Waals surface area (Å²) in [4.78, 5) is 21.5. The van der Waals surface area contributed by atoms with Gasteiger partial charge < -0.3 is 11.5 Å². The normalized spacial score (nSPS) is 9.75. The number of allylic oxidation sites excluding steroid dienone is 2. The Kier molecular flexibility index (Phi) is 4.69. The number of rotatable bonds is 6. The van der Waals surface area contributed by atoms with Gasteiger partial charge in [0.05, 0.1) is 0 Å². The molecule has 0 fully saturated rings.